The lowest BCUT2D eigenvalue weighted by Gasteiger charge is -2.14. The van der Waals surface area contributed by atoms with Crippen LogP contribution in [0.3, 0.4) is 0 Å². The highest BCUT2D eigenvalue weighted by Crippen LogP contribution is 2.14. The summed E-state index contributed by atoms with van der Waals surface area (Å²) < 4.78 is 13.5. The summed E-state index contributed by atoms with van der Waals surface area (Å²) in [7, 11) is 0. The SMILES string of the molecule is Cc1ccc([C@@H](C)NC(=O)c2ccccc2F)cc1. The summed E-state index contributed by atoms with van der Waals surface area (Å²) in [5.74, 6) is -0.901. The Kier molecular flexibility index (Phi) is 3.95. The van der Waals surface area contributed by atoms with E-state index in [4.69, 9.17) is 0 Å². The summed E-state index contributed by atoms with van der Waals surface area (Å²) in [6.45, 7) is 3.88. The molecule has 0 heterocycles. The Morgan fingerprint density at radius 1 is 1.11 bits per heavy atom. The largest absolute Gasteiger partial charge is 0.345 e. The van der Waals surface area contributed by atoms with E-state index < -0.39 is 11.7 Å². The van der Waals surface area contributed by atoms with Crippen molar-refractivity contribution in [3.63, 3.8) is 0 Å². The van der Waals surface area contributed by atoms with Gasteiger partial charge in [-0.05, 0) is 31.5 Å². The molecule has 0 radical (unpaired) electrons. The average molecular weight is 257 g/mol. The molecule has 0 saturated carbocycles. The molecule has 19 heavy (non-hydrogen) atoms. The first-order valence-corrected chi connectivity index (χ1v) is 6.20. The number of hydrogen-bond donors (Lipinski definition) is 1. The Balaban J connectivity index is 2.11. The van der Waals surface area contributed by atoms with E-state index in [1.165, 1.54) is 12.1 Å². The van der Waals surface area contributed by atoms with Gasteiger partial charge in [0.2, 0.25) is 0 Å². The molecule has 1 atom stereocenters. The van der Waals surface area contributed by atoms with Gasteiger partial charge in [0, 0.05) is 0 Å². The van der Waals surface area contributed by atoms with Gasteiger partial charge >= 0.3 is 0 Å². The second-order valence-corrected chi connectivity index (χ2v) is 4.59. The molecule has 0 spiro atoms. The lowest BCUT2D eigenvalue weighted by atomic mass is 10.1. The first kappa shape index (κ1) is 13.3. The van der Waals surface area contributed by atoms with E-state index in [2.05, 4.69) is 5.32 Å². The number of benzene rings is 2. The van der Waals surface area contributed by atoms with Crippen molar-refractivity contribution < 1.29 is 9.18 Å². The maximum absolute atomic E-state index is 13.5. The van der Waals surface area contributed by atoms with Crippen LogP contribution in [0.5, 0.6) is 0 Å². The quantitative estimate of drug-likeness (QED) is 0.893. The van der Waals surface area contributed by atoms with Crippen LogP contribution in [0.25, 0.3) is 0 Å². The van der Waals surface area contributed by atoms with E-state index in [0.717, 1.165) is 11.1 Å². The van der Waals surface area contributed by atoms with Gasteiger partial charge in [0.25, 0.3) is 5.91 Å². The van der Waals surface area contributed by atoms with Gasteiger partial charge < -0.3 is 5.32 Å². The zero-order valence-electron chi connectivity index (χ0n) is 11.0. The van der Waals surface area contributed by atoms with Gasteiger partial charge in [0.15, 0.2) is 0 Å². The maximum Gasteiger partial charge on any atom is 0.254 e. The summed E-state index contributed by atoms with van der Waals surface area (Å²) in [6.07, 6.45) is 0. The molecule has 2 nitrogen and oxygen atoms in total. The first-order chi connectivity index (χ1) is 9.08. The highest BCUT2D eigenvalue weighted by atomic mass is 19.1. The summed E-state index contributed by atoms with van der Waals surface area (Å²) in [4.78, 5) is 12.0. The molecule has 98 valence electrons. The van der Waals surface area contributed by atoms with Crippen LogP contribution in [0.1, 0.15) is 34.5 Å². The number of carbonyl (C=O) groups is 1. The molecule has 1 N–H and O–H groups in total. The van der Waals surface area contributed by atoms with Crippen molar-refractivity contribution in [3.05, 3.63) is 71.0 Å². The molecule has 1 amide bonds. The number of amides is 1. The topological polar surface area (TPSA) is 29.1 Å². The summed E-state index contributed by atoms with van der Waals surface area (Å²) >= 11 is 0. The van der Waals surface area contributed by atoms with Gasteiger partial charge in [0.05, 0.1) is 11.6 Å². The molecule has 0 saturated heterocycles. The number of carbonyl (C=O) groups excluding carboxylic acids is 1. The van der Waals surface area contributed by atoms with Gasteiger partial charge in [-0.15, -0.1) is 0 Å². The van der Waals surface area contributed by atoms with Crippen molar-refractivity contribution in [1.82, 2.24) is 5.32 Å². The molecule has 2 aromatic rings. The smallest absolute Gasteiger partial charge is 0.254 e. The number of nitrogens with one attached hydrogen (secondary N) is 1. The molecule has 0 aliphatic carbocycles. The second kappa shape index (κ2) is 5.65. The van der Waals surface area contributed by atoms with E-state index in [-0.39, 0.29) is 11.6 Å². The summed E-state index contributed by atoms with van der Waals surface area (Å²) in [6, 6.07) is 13.7. The highest BCUT2D eigenvalue weighted by molar-refractivity contribution is 5.94. The van der Waals surface area contributed by atoms with Gasteiger partial charge in [-0.25, -0.2) is 4.39 Å². The molecule has 2 aromatic carbocycles. The first-order valence-electron chi connectivity index (χ1n) is 6.20. The van der Waals surface area contributed by atoms with Crippen LogP contribution in [0.4, 0.5) is 4.39 Å². The maximum atomic E-state index is 13.5. The fourth-order valence-electron chi connectivity index (χ4n) is 1.86. The van der Waals surface area contributed by atoms with Crippen molar-refractivity contribution in [2.75, 3.05) is 0 Å². The predicted molar refractivity (Wildman–Crippen MR) is 73.5 cm³/mol. The number of halogens is 1. The van der Waals surface area contributed by atoms with Crippen LogP contribution in [0.15, 0.2) is 48.5 Å². The van der Waals surface area contributed by atoms with Crippen LogP contribution >= 0.6 is 0 Å². The van der Waals surface area contributed by atoms with Crippen LogP contribution in [0.2, 0.25) is 0 Å². The third kappa shape index (κ3) is 3.19. The Morgan fingerprint density at radius 2 is 1.74 bits per heavy atom. The van der Waals surface area contributed by atoms with E-state index in [1.54, 1.807) is 12.1 Å². The van der Waals surface area contributed by atoms with Gasteiger partial charge in [-0.2, -0.15) is 0 Å². The molecule has 0 bridgehead atoms. The minimum atomic E-state index is -0.504. The standard InChI is InChI=1S/C16H16FNO/c1-11-7-9-13(10-8-11)12(2)18-16(19)14-5-3-4-6-15(14)17/h3-10,12H,1-2H3,(H,18,19)/t12-/m1/s1. The molecule has 3 heteroatoms. The Hall–Kier alpha value is -2.16. The summed E-state index contributed by atoms with van der Waals surface area (Å²) in [5.41, 5.74) is 2.23. The van der Waals surface area contributed by atoms with Crippen molar-refractivity contribution in [2.24, 2.45) is 0 Å². The zero-order chi connectivity index (χ0) is 13.8. The molecule has 0 aliphatic heterocycles. The van der Waals surface area contributed by atoms with Gasteiger partial charge in [-0.1, -0.05) is 42.0 Å². The normalized spacial score (nSPS) is 11.9. The van der Waals surface area contributed by atoms with Gasteiger partial charge in [-0.3, -0.25) is 4.79 Å². The van der Waals surface area contributed by atoms with Gasteiger partial charge in [0.1, 0.15) is 5.82 Å². The number of hydrogen-bond acceptors (Lipinski definition) is 1. The fourth-order valence-corrected chi connectivity index (χ4v) is 1.86. The third-order valence-corrected chi connectivity index (χ3v) is 3.04. The highest BCUT2D eigenvalue weighted by Gasteiger charge is 2.14. The number of rotatable bonds is 3. The van der Waals surface area contributed by atoms with E-state index in [1.807, 2.05) is 38.1 Å². The van der Waals surface area contributed by atoms with Crippen molar-refractivity contribution in [3.8, 4) is 0 Å². The lowest BCUT2D eigenvalue weighted by Crippen LogP contribution is -2.27. The molecule has 0 aromatic heterocycles. The zero-order valence-corrected chi connectivity index (χ0v) is 11.0. The molecule has 0 aliphatic rings. The Bertz CT molecular complexity index is 578. The second-order valence-electron chi connectivity index (χ2n) is 4.59. The van der Waals surface area contributed by atoms with Crippen molar-refractivity contribution >= 4 is 5.91 Å². The average Bonchev–Trinajstić information content (AvgIpc) is 2.39. The molecular formula is C16H16FNO. The molecular weight excluding hydrogens is 241 g/mol. The van der Waals surface area contributed by atoms with Crippen LogP contribution in [-0.2, 0) is 0 Å². The van der Waals surface area contributed by atoms with Crippen LogP contribution < -0.4 is 5.32 Å². The molecule has 0 fully saturated rings. The van der Waals surface area contributed by atoms with Crippen LogP contribution in [0, 0.1) is 12.7 Å². The van der Waals surface area contributed by atoms with E-state index in [0.29, 0.717) is 0 Å². The van der Waals surface area contributed by atoms with Crippen molar-refractivity contribution in [2.45, 2.75) is 19.9 Å². The third-order valence-electron chi connectivity index (χ3n) is 3.04. The van der Waals surface area contributed by atoms with Crippen molar-refractivity contribution in [1.29, 1.82) is 0 Å². The fraction of sp³-hybridized carbons (Fsp3) is 0.188. The lowest BCUT2D eigenvalue weighted by molar-refractivity contribution is 0.0936. The summed E-state index contributed by atoms with van der Waals surface area (Å²) in [5, 5.41) is 2.79. The predicted octanol–water partition coefficient (Wildman–Crippen LogP) is 3.63. The van der Waals surface area contributed by atoms with E-state index in [9.17, 15) is 9.18 Å². The molecule has 0 unspecified atom stereocenters. The minimum Gasteiger partial charge on any atom is -0.345 e. The van der Waals surface area contributed by atoms with Crippen LogP contribution in [-0.4, -0.2) is 5.91 Å². The van der Waals surface area contributed by atoms with E-state index >= 15 is 0 Å². The monoisotopic (exact) mass is 257 g/mol. The molecule has 2 rings (SSSR count). The number of aryl methyl sites for hydroxylation is 1. The minimum absolute atomic E-state index is 0.0708. The Labute approximate surface area is 112 Å². The Morgan fingerprint density at radius 3 is 2.37 bits per heavy atom.